The zero-order chi connectivity index (χ0) is 20.2. The van der Waals surface area contributed by atoms with Gasteiger partial charge < -0.3 is 10.2 Å². The van der Waals surface area contributed by atoms with E-state index < -0.39 is 5.82 Å². The molecule has 0 aliphatic carbocycles. The Morgan fingerprint density at radius 3 is 2.72 bits per heavy atom. The molecule has 1 unspecified atom stereocenters. The number of benzene rings is 2. The minimum Gasteiger partial charge on any atom is -0.338 e. The van der Waals surface area contributed by atoms with Crippen LogP contribution in [0, 0.1) is 12.7 Å². The first-order chi connectivity index (χ1) is 14.1. The summed E-state index contributed by atoms with van der Waals surface area (Å²) in [6, 6.07) is 16.1. The molecular formula is C23H23FN4O. The van der Waals surface area contributed by atoms with Crippen LogP contribution >= 0.6 is 0 Å². The number of aryl methyl sites for hydroxylation is 1. The molecule has 3 aromatic rings. The Morgan fingerprint density at radius 1 is 1.14 bits per heavy atom. The maximum absolute atomic E-state index is 14.0. The minimum absolute atomic E-state index is 0.0982. The SMILES string of the molecule is Cc1ccc(Nc2nccc(C3CCCN(C(=O)c4ccccc4F)C3)n2)cc1. The summed E-state index contributed by atoms with van der Waals surface area (Å²) < 4.78 is 14.0. The van der Waals surface area contributed by atoms with Crippen molar-refractivity contribution in [3.8, 4) is 0 Å². The number of halogens is 1. The van der Waals surface area contributed by atoms with E-state index in [1.165, 1.54) is 17.7 Å². The smallest absolute Gasteiger partial charge is 0.256 e. The molecule has 2 aromatic carbocycles. The molecular weight excluding hydrogens is 367 g/mol. The van der Waals surface area contributed by atoms with Crippen molar-refractivity contribution in [3.05, 3.63) is 83.4 Å². The van der Waals surface area contributed by atoms with E-state index in [1.54, 1.807) is 23.2 Å². The van der Waals surface area contributed by atoms with Crippen molar-refractivity contribution in [3.63, 3.8) is 0 Å². The molecule has 1 N–H and O–H groups in total. The molecule has 0 saturated carbocycles. The minimum atomic E-state index is -0.480. The Labute approximate surface area is 169 Å². The van der Waals surface area contributed by atoms with E-state index in [0.717, 1.165) is 24.2 Å². The van der Waals surface area contributed by atoms with Gasteiger partial charge in [-0.05, 0) is 50.1 Å². The van der Waals surface area contributed by atoms with Crippen LogP contribution in [0.3, 0.4) is 0 Å². The number of piperidine rings is 1. The zero-order valence-electron chi connectivity index (χ0n) is 16.3. The molecule has 29 heavy (non-hydrogen) atoms. The number of amides is 1. The lowest BCUT2D eigenvalue weighted by molar-refractivity contribution is 0.0701. The van der Waals surface area contributed by atoms with Gasteiger partial charge in [-0.1, -0.05) is 29.8 Å². The van der Waals surface area contributed by atoms with Crippen LogP contribution in [0.4, 0.5) is 16.0 Å². The van der Waals surface area contributed by atoms with Gasteiger partial charge in [-0.3, -0.25) is 4.79 Å². The molecule has 0 spiro atoms. The second-order valence-corrected chi connectivity index (χ2v) is 7.37. The number of hydrogen-bond acceptors (Lipinski definition) is 4. The van der Waals surface area contributed by atoms with Crippen LogP contribution < -0.4 is 5.32 Å². The first kappa shape index (κ1) is 19.1. The van der Waals surface area contributed by atoms with Crippen molar-refractivity contribution >= 4 is 17.5 Å². The molecule has 1 aliphatic rings. The van der Waals surface area contributed by atoms with Gasteiger partial charge >= 0.3 is 0 Å². The maximum Gasteiger partial charge on any atom is 0.256 e. The van der Waals surface area contributed by atoms with Crippen molar-refractivity contribution in [2.75, 3.05) is 18.4 Å². The quantitative estimate of drug-likeness (QED) is 0.702. The fourth-order valence-electron chi connectivity index (χ4n) is 3.63. The number of nitrogens with one attached hydrogen (secondary N) is 1. The van der Waals surface area contributed by atoms with Gasteiger partial charge in [0.1, 0.15) is 5.82 Å². The number of nitrogens with zero attached hydrogens (tertiary/aromatic N) is 3. The lowest BCUT2D eigenvalue weighted by Gasteiger charge is -2.32. The van der Waals surface area contributed by atoms with E-state index in [-0.39, 0.29) is 17.4 Å². The molecule has 0 radical (unpaired) electrons. The first-order valence-electron chi connectivity index (χ1n) is 9.80. The van der Waals surface area contributed by atoms with Gasteiger partial charge in [0.15, 0.2) is 0 Å². The fourth-order valence-corrected chi connectivity index (χ4v) is 3.63. The van der Waals surface area contributed by atoms with Crippen molar-refractivity contribution in [2.24, 2.45) is 0 Å². The standard InChI is InChI=1S/C23H23FN4O/c1-16-8-10-18(11-9-16)26-23-25-13-12-21(27-23)17-5-4-14-28(15-17)22(29)19-6-2-3-7-20(19)24/h2-3,6-13,17H,4-5,14-15H2,1H3,(H,25,26,27). The highest BCUT2D eigenvalue weighted by Crippen LogP contribution is 2.27. The van der Waals surface area contributed by atoms with E-state index in [9.17, 15) is 9.18 Å². The number of hydrogen-bond donors (Lipinski definition) is 1. The highest BCUT2D eigenvalue weighted by Gasteiger charge is 2.27. The first-order valence-corrected chi connectivity index (χ1v) is 9.80. The molecule has 2 heterocycles. The van der Waals surface area contributed by atoms with E-state index in [1.807, 2.05) is 37.3 Å². The molecule has 0 bridgehead atoms. The van der Waals surface area contributed by atoms with Crippen LogP contribution in [0.5, 0.6) is 0 Å². The van der Waals surface area contributed by atoms with E-state index in [0.29, 0.717) is 19.0 Å². The van der Waals surface area contributed by atoms with Crippen LogP contribution in [-0.2, 0) is 0 Å². The number of rotatable bonds is 4. The summed E-state index contributed by atoms with van der Waals surface area (Å²) in [6.45, 7) is 3.19. The summed E-state index contributed by atoms with van der Waals surface area (Å²) in [4.78, 5) is 23.5. The molecule has 148 valence electrons. The number of aromatic nitrogens is 2. The number of likely N-dealkylation sites (tertiary alicyclic amines) is 1. The molecule has 1 aliphatic heterocycles. The fraction of sp³-hybridized carbons (Fsp3) is 0.261. The van der Waals surface area contributed by atoms with Gasteiger partial charge in [0.2, 0.25) is 5.95 Å². The summed E-state index contributed by atoms with van der Waals surface area (Å²) in [5, 5.41) is 3.23. The topological polar surface area (TPSA) is 58.1 Å². The highest BCUT2D eigenvalue weighted by atomic mass is 19.1. The van der Waals surface area contributed by atoms with Crippen molar-refractivity contribution < 1.29 is 9.18 Å². The monoisotopic (exact) mass is 390 g/mol. The number of carbonyl (C=O) groups is 1. The summed E-state index contributed by atoms with van der Waals surface area (Å²) in [6.07, 6.45) is 3.52. The Kier molecular flexibility index (Phi) is 5.51. The second kappa shape index (κ2) is 8.39. The lowest BCUT2D eigenvalue weighted by atomic mass is 9.94. The third-order valence-electron chi connectivity index (χ3n) is 5.22. The predicted molar refractivity (Wildman–Crippen MR) is 111 cm³/mol. The van der Waals surface area contributed by atoms with Gasteiger partial charge in [-0.15, -0.1) is 0 Å². The summed E-state index contributed by atoms with van der Waals surface area (Å²) >= 11 is 0. The van der Waals surface area contributed by atoms with Gasteiger partial charge in [0, 0.05) is 30.9 Å². The van der Waals surface area contributed by atoms with Gasteiger partial charge in [0.25, 0.3) is 5.91 Å². The van der Waals surface area contributed by atoms with Crippen molar-refractivity contribution in [2.45, 2.75) is 25.7 Å². The third-order valence-corrected chi connectivity index (χ3v) is 5.22. The average Bonchev–Trinajstić information content (AvgIpc) is 2.76. The highest BCUT2D eigenvalue weighted by molar-refractivity contribution is 5.94. The molecule has 4 rings (SSSR count). The molecule has 1 amide bonds. The van der Waals surface area contributed by atoms with E-state index >= 15 is 0 Å². The third kappa shape index (κ3) is 4.42. The second-order valence-electron chi connectivity index (χ2n) is 7.37. The van der Waals surface area contributed by atoms with Crippen LogP contribution in [-0.4, -0.2) is 33.9 Å². The maximum atomic E-state index is 14.0. The predicted octanol–water partition coefficient (Wildman–Crippen LogP) is 4.69. The Balaban J connectivity index is 1.49. The largest absolute Gasteiger partial charge is 0.338 e. The summed E-state index contributed by atoms with van der Waals surface area (Å²) in [5.74, 6) is -0.115. The van der Waals surface area contributed by atoms with E-state index in [4.69, 9.17) is 0 Å². The molecule has 1 fully saturated rings. The summed E-state index contributed by atoms with van der Waals surface area (Å²) in [5.41, 5.74) is 3.12. The van der Waals surface area contributed by atoms with Gasteiger partial charge in [0.05, 0.1) is 11.3 Å². The number of anilines is 2. The molecule has 1 saturated heterocycles. The average molecular weight is 390 g/mol. The Morgan fingerprint density at radius 2 is 1.93 bits per heavy atom. The van der Waals surface area contributed by atoms with Crippen LogP contribution in [0.2, 0.25) is 0 Å². The normalized spacial score (nSPS) is 16.5. The molecule has 1 aromatic heterocycles. The molecule has 6 heteroatoms. The van der Waals surface area contributed by atoms with E-state index in [2.05, 4.69) is 15.3 Å². The van der Waals surface area contributed by atoms with Crippen LogP contribution in [0.1, 0.15) is 40.4 Å². The van der Waals surface area contributed by atoms with Crippen LogP contribution in [0.15, 0.2) is 60.8 Å². The number of carbonyl (C=O) groups excluding carboxylic acids is 1. The lowest BCUT2D eigenvalue weighted by Crippen LogP contribution is -2.39. The molecule has 5 nitrogen and oxygen atoms in total. The Hall–Kier alpha value is -3.28. The van der Waals surface area contributed by atoms with Gasteiger partial charge in [-0.25, -0.2) is 14.4 Å². The van der Waals surface area contributed by atoms with Crippen molar-refractivity contribution in [1.29, 1.82) is 0 Å². The zero-order valence-corrected chi connectivity index (χ0v) is 16.3. The Bertz CT molecular complexity index is 1010. The summed E-state index contributed by atoms with van der Waals surface area (Å²) in [7, 11) is 0. The van der Waals surface area contributed by atoms with Crippen molar-refractivity contribution in [1.82, 2.24) is 14.9 Å². The van der Waals surface area contributed by atoms with Gasteiger partial charge in [-0.2, -0.15) is 0 Å². The molecule has 1 atom stereocenters. The van der Waals surface area contributed by atoms with Crippen LogP contribution in [0.25, 0.3) is 0 Å².